The molecular weight excluding hydrogens is 160 g/mol. The van der Waals surface area contributed by atoms with Crippen molar-refractivity contribution < 1.29 is 0 Å². The molecule has 0 rings (SSSR count). The second-order valence-electron chi connectivity index (χ2n) is 4.55. The van der Waals surface area contributed by atoms with E-state index in [4.69, 9.17) is 0 Å². The van der Waals surface area contributed by atoms with Crippen molar-refractivity contribution >= 4 is 0 Å². The molecule has 13 heavy (non-hydrogen) atoms. The van der Waals surface area contributed by atoms with Gasteiger partial charge in [0.2, 0.25) is 0 Å². The highest BCUT2D eigenvalue weighted by molar-refractivity contribution is 4.70. The lowest BCUT2D eigenvalue weighted by molar-refractivity contribution is 0.311. The van der Waals surface area contributed by atoms with Gasteiger partial charge < -0.3 is 10.6 Å². The van der Waals surface area contributed by atoms with Gasteiger partial charge in [0.25, 0.3) is 0 Å². The zero-order valence-corrected chi connectivity index (χ0v) is 9.74. The zero-order chi connectivity index (χ0) is 10.2. The normalized spacial score (nSPS) is 12.0. The van der Waals surface area contributed by atoms with E-state index in [1.807, 2.05) is 7.05 Å². The highest BCUT2D eigenvalue weighted by Crippen LogP contribution is 2.20. The standard InChI is InChI=1S/C11H26N2/c1-5-7-11(2,3)10-13-9-6-8-12-4/h12-13H,5-10H2,1-4H3. The minimum Gasteiger partial charge on any atom is -0.320 e. The molecule has 0 amide bonds. The first-order valence-corrected chi connectivity index (χ1v) is 5.47. The van der Waals surface area contributed by atoms with Crippen molar-refractivity contribution in [3.8, 4) is 0 Å². The van der Waals surface area contributed by atoms with Crippen LogP contribution in [0.4, 0.5) is 0 Å². The predicted molar refractivity (Wildman–Crippen MR) is 60.1 cm³/mol. The third-order valence-corrected chi connectivity index (χ3v) is 2.31. The van der Waals surface area contributed by atoms with Crippen molar-refractivity contribution in [1.29, 1.82) is 0 Å². The molecule has 0 fully saturated rings. The first-order valence-electron chi connectivity index (χ1n) is 5.47. The molecule has 0 bridgehead atoms. The molecule has 2 nitrogen and oxygen atoms in total. The molecule has 0 saturated heterocycles. The maximum Gasteiger partial charge on any atom is 0.000252 e. The highest BCUT2D eigenvalue weighted by atomic mass is 14.9. The molecule has 0 spiro atoms. The van der Waals surface area contributed by atoms with Gasteiger partial charge in [0.05, 0.1) is 0 Å². The van der Waals surface area contributed by atoms with E-state index >= 15 is 0 Å². The van der Waals surface area contributed by atoms with E-state index in [2.05, 4.69) is 31.4 Å². The highest BCUT2D eigenvalue weighted by Gasteiger charge is 2.14. The number of nitrogens with one attached hydrogen (secondary N) is 2. The minimum atomic E-state index is 0.467. The smallest absolute Gasteiger partial charge is 0.000252 e. The van der Waals surface area contributed by atoms with Crippen LogP contribution in [0.25, 0.3) is 0 Å². The van der Waals surface area contributed by atoms with Crippen molar-refractivity contribution in [2.24, 2.45) is 5.41 Å². The first-order chi connectivity index (χ1) is 6.12. The SMILES string of the molecule is CCCC(C)(C)CNCCCNC. The van der Waals surface area contributed by atoms with E-state index in [9.17, 15) is 0 Å². The van der Waals surface area contributed by atoms with Crippen LogP contribution in [0.1, 0.15) is 40.0 Å². The molecule has 0 aromatic heterocycles. The molecule has 0 saturated carbocycles. The summed E-state index contributed by atoms with van der Waals surface area (Å²) in [7, 11) is 2.00. The summed E-state index contributed by atoms with van der Waals surface area (Å²) in [5.74, 6) is 0. The second-order valence-corrected chi connectivity index (χ2v) is 4.55. The van der Waals surface area contributed by atoms with Crippen molar-refractivity contribution in [2.75, 3.05) is 26.7 Å². The summed E-state index contributed by atoms with van der Waals surface area (Å²) in [6.07, 6.45) is 3.82. The van der Waals surface area contributed by atoms with Crippen LogP contribution in [-0.2, 0) is 0 Å². The molecule has 0 aliphatic rings. The summed E-state index contributed by atoms with van der Waals surface area (Å²) in [5, 5.41) is 6.66. The van der Waals surface area contributed by atoms with E-state index in [1.165, 1.54) is 19.3 Å². The van der Waals surface area contributed by atoms with Crippen molar-refractivity contribution in [1.82, 2.24) is 10.6 Å². The van der Waals surface area contributed by atoms with Gasteiger partial charge in [-0.25, -0.2) is 0 Å². The molecule has 0 radical (unpaired) electrons. The maximum absolute atomic E-state index is 3.51. The Morgan fingerprint density at radius 3 is 2.38 bits per heavy atom. The van der Waals surface area contributed by atoms with E-state index < -0.39 is 0 Å². The molecule has 0 aromatic rings. The van der Waals surface area contributed by atoms with Gasteiger partial charge in [0, 0.05) is 6.54 Å². The molecule has 0 heterocycles. The predicted octanol–water partition coefficient (Wildman–Crippen LogP) is 2.01. The number of hydrogen-bond acceptors (Lipinski definition) is 2. The van der Waals surface area contributed by atoms with Gasteiger partial charge in [0.15, 0.2) is 0 Å². The van der Waals surface area contributed by atoms with Gasteiger partial charge >= 0.3 is 0 Å². The zero-order valence-electron chi connectivity index (χ0n) is 9.74. The van der Waals surface area contributed by atoms with Crippen LogP contribution in [0.2, 0.25) is 0 Å². The summed E-state index contributed by atoms with van der Waals surface area (Å²) in [6, 6.07) is 0. The van der Waals surface area contributed by atoms with Gasteiger partial charge in [-0.3, -0.25) is 0 Å². The van der Waals surface area contributed by atoms with E-state index in [0.717, 1.165) is 19.6 Å². The van der Waals surface area contributed by atoms with Crippen LogP contribution in [0.15, 0.2) is 0 Å². The topological polar surface area (TPSA) is 24.1 Å². The van der Waals surface area contributed by atoms with Gasteiger partial charge in [0.1, 0.15) is 0 Å². The lowest BCUT2D eigenvalue weighted by Gasteiger charge is -2.24. The third-order valence-electron chi connectivity index (χ3n) is 2.31. The Balaban J connectivity index is 3.29. The lowest BCUT2D eigenvalue weighted by atomic mass is 9.88. The molecule has 0 aromatic carbocycles. The summed E-state index contributed by atoms with van der Waals surface area (Å²) in [5.41, 5.74) is 0.467. The summed E-state index contributed by atoms with van der Waals surface area (Å²) < 4.78 is 0. The summed E-state index contributed by atoms with van der Waals surface area (Å²) in [6.45, 7) is 10.3. The summed E-state index contributed by atoms with van der Waals surface area (Å²) in [4.78, 5) is 0. The fraction of sp³-hybridized carbons (Fsp3) is 1.00. The van der Waals surface area contributed by atoms with Gasteiger partial charge in [-0.2, -0.15) is 0 Å². The Morgan fingerprint density at radius 1 is 1.15 bits per heavy atom. The summed E-state index contributed by atoms with van der Waals surface area (Å²) >= 11 is 0. The minimum absolute atomic E-state index is 0.467. The van der Waals surface area contributed by atoms with Crippen LogP contribution in [0.5, 0.6) is 0 Å². The Kier molecular flexibility index (Phi) is 7.29. The Morgan fingerprint density at radius 2 is 1.85 bits per heavy atom. The maximum atomic E-state index is 3.51. The number of rotatable bonds is 8. The van der Waals surface area contributed by atoms with Crippen LogP contribution in [0, 0.1) is 5.41 Å². The molecule has 0 aliphatic heterocycles. The van der Waals surface area contributed by atoms with Gasteiger partial charge in [-0.1, -0.05) is 27.2 Å². The quantitative estimate of drug-likeness (QED) is 0.567. The Hall–Kier alpha value is -0.0800. The lowest BCUT2D eigenvalue weighted by Crippen LogP contribution is -2.31. The Bertz CT molecular complexity index is 111. The average Bonchev–Trinajstić information content (AvgIpc) is 2.04. The fourth-order valence-corrected chi connectivity index (χ4v) is 1.58. The molecule has 0 aliphatic carbocycles. The molecule has 80 valence electrons. The Labute approximate surface area is 83.5 Å². The van der Waals surface area contributed by atoms with Crippen molar-refractivity contribution in [2.45, 2.75) is 40.0 Å². The molecular formula is C11H26N2. The fourth-order valence-electron chi connectivity index (χ4n) is 1.58. The average molecular weight is 186 g/mol. The molecule has 0 atom stereocenters. The second kappa shape index (κ2) is 7.34. The monoisotopic (exact) mass is 186 g/mol. The largest absolute Gasteiger partial charge is 0.320 e. The van der Waals surface area contributed by atoms with Crippen LogP contribution < -0.4 is 10.6 Å². The molecule has 0 unspecified atom stereocenters. The molecule has 2 heteroatoms. The van der Waals surface area contributed by atoms with E-state index in [-0.39, 0.29) is 0 Å². The van der Waals surface area contributed by atoms with E-state index in [0.29, 0.717) is 5.41 Å². The van der Waals surface area contributed by atoms with E-state index in [1.54, 1.807) is 0 Å². The number of hydrogen-bond donors (Lipinski definition) is 2. The van der Waals surface area contributed by atoms with Crippen LogP contribution in [-0.4, -0.2) is 26.7 Å². The first kappa shape index (κ1) is 12.9. The van der Waals surface area contributed by atoms with Crippen molar-refractivity contribution in [3.63, 3.8) is 0 Å². The molecule has 2 N–H and O–H groups in total. The van der Waals surface area contributed by atoms with Crippen molar-refractivity contribution in [3.05, 3.63) is 0 Å². The van der Waals surface area contributed by atoms with Crippen LogP contribution in [0.3, 0.4) is 0 Å². The van der Waals surface area contributed by atoms with Crippen LogP contribution >= 0.6 is 0 Å². The third kappa shape index (κ3) is 8.26. The van der Waals surface area contributed by atoms with Gasteiger partial charge in [-0.15, -0.1) is 0 Å². The van der Waals surface area contributed by atoms with Gasteiger partial charge in [-0.05, 0) is 38.4 Å².